The highest BCUT2D eigenvalue weighted by molar-refractivity contribution is 5.85. The second kappa shape index (κ2) is 5.66. The summed E-state index contributed by atoms with van der Waals surface area (Å²) < 4.78 is 23.8. The van der Waals surface area contributed by atoms with Crippen LogP contribution in [0.3, 0.4) is 0 Å². The molecular weight excluding hydrogens is 263 g/mol. The number of anilines is 2. The molecule has 110 valence electrons. The molecule has 0 saturated carbocycles. The highest BCUT2D eigenvalue weighted by Crippen LogP contribution is 2.22. The van der Waals surface area contributed by atoms with E-state index in [0.717, 1.165) is 5.69 Å². The van der Waals surface area contributed by atoms with Crippen LogP contribution in [0.5, 0.6) is 0 Å². The van der Waals surface area contributed by atoms with Crippen molar-refractivity contribution < 1.29 is 18.7 Å². The van der Waals surface area contributed by atoms with Gasteiger partial charge in [0.2, 0.25) is 0 Å². The monoisotopic (exact) mass is 282 g/mol. The molecule has 0 radical (unpaired) electrons. The Hall–Kier alpha value is -1.82. The summed E-state index contributed by atoms with van der Waals surface area (Å²) in [7, 11) is 0. The lowest BCUT2D eigenvalue weighted by atomic mass is 10.2. The predicted molar refractivity (Wildman–Crippen MR) is 74.5 cm³/mol. The first-order valence-electron chi connectivity index (χ1n) is 6.47. The van der Waals surface area contributed by atoms with E-state index in [9.17, 15) is 9.18 Å². The highest BCUT2D eigenvalue weighted by Gasteiger charge is 2.20. The standard InChI is InChI=1S/C14H19FN2O3/c1-14(2,3)20-13(18)17-12-6-9(4-5-11(12)15)16-10-7-19-8-10/h4-6,10,16H,7-8H2,1-3H3,(H,17,18). The number of ether oxygens (including phenoxy) is 2. The maximum absolute atomic E-state index is 13.7. The van der Waals surface area contributed by atoms with Crippen molar-refractivity contribution in [1.29, 1.82) is 0 Å². The van der Waals surface area contributed by atoms with E-state index in [0.29, 0.717) is 13.2 Å². The average molecular weight is 282 g/mol. The molecule has 2 N–H and O–H groups in total. The number of hydrogen-bond acceptors (Lipinski definition) is 4. The summed E-state index contributed by atoms with van der Waals surface area (Å²) >= 11 is 0. The van der Waals surface area contributed by atoms with Crippen LogP contribution >= 0.6 is 0 Å². The van der Waals surface area contributed by atoms with Gasteiger partial charge in [0.15, 0.2) is 0 Å². The van der Waals surface area contributed by atoms with Gasteiger partial charge in [-0.25, -0.2) is 9.18 Å². The zero-order chi connectivity index (χ0) is 14.8. The predicted octanol–water partition coefficient (Wildman–Crippen LogP) is 2.98. The normalized spacial score (nSPS) is 15.4. The largest absolute Gasteiger partial charge is 0.444 e. The smallest absolute Gasteiger partial charge is 0.412 e. The summed E-state index contributed by atoms with van der Waals surface area (Å²) in [5.41, 5.74) is 0.190. The molecule has 2 rings (SSSR count). The van der Waals surface area contributed by atoms with Crippen molar-refractivity contribution in [2.45, 2.75) is 32.4 Å². The van der Waals surface area contributed by atoms with Gasteiger partial charge in [0, 0.05) is 5.69 Å². The van der Waals surface area contributed by atoms with Gasteiger partial charge in [0.05, 0.1) is 24.9 Å². The van der Waals surface area contributed by atoms with E-state index in [1.807, 2.05) is 0 Å². The summed E-state index contributed by atoms with van der Waals surface area (Å²) in [6, 6.07) is 4.69. The third-order valence-corrected chi connectivity index (χ3v) is 2.61. The van der Waals surface area contributed by atoms with Crippen LogP contribution in [0.4, 0.5) is 20.6 Å². The summed E-state index contributed by atoms with van der Waals surface area (Å²) in [6.07, 6.45) is -0.680. The Morgan fingerprint density at radius 3 is 2.65 bits per heavy atom. The van der Waals surface area contributed by atoms with Gasteiger partial charge >= 0.3 is 6.09 Å². The lowest BCUT2D eigenvalue weighted by Gasteiger charge is -2.28. The number of benzene rings is 1. The first-order valence-corrected chi connectivity index (χ1v) is 6.47. The van der Waals surface area contributed by atoms with Crippen molar-refractivity contribution in [2.24, 2.45) is 0 Å². The number of halogens is 1. The Balaban J connectivity index is 2.02. The zero-order valence-electron chi connectivity index (χ0n) is 11.8. The minimum atomic E-state index is -0.680. The SMILES string of the molecule is CC(C)(C)OC(=O)Nc1cc(NC2COC2)ccc1F. The summed E-state index contributed by atoms with van der Waals surface area (Å²) in [5.74, 6) is -0.508. The van der Waals surface area contributed by atoms with Crippen molar-refractivity contribution in [2.75, 3.05) is 23.8 Å². The van der Waals surface area contributed by atoms with Crippen LogP contribution in [0.1, 0.15) is 20.8 Å². The van der Waals surface area contributed by atoms with E-state index in [1.54, 1.807) is 26.8 Å². The van der Waals surface area contributed by atoms with E-state index in [4.69, 9.17) is 9.47 Å². The molecule has 0 spiro atoms. The fourth-order valence-corrected chi connectivity index (χ4v) is 1.68. The average Bonchev–Trinajstić information content (AvgIpc) is 2.25. The molecule has 0 aromatic heterocycles. The second-order valence-electron chi connectivity index (χ2n) is 5.70. The molecule has 1 amide bonds. The van der Waals surface area contributed by atoms with Gasteiger partial charge < -0.3 is 14.8 Å². The van der Waals surface area contributed by atoms with Gasteiger partial charge in [-0.2, -0.15) is 0 Å². The molecule has 0 unspecified atom stereocenters. The Bertz CT molecular complexity index is 496. The lowest BCUT2D eigenvalue weighted by molar-refractivity contribution is 0.0211. The van der Waals surface area contributed by atoms with E-state index < -0.39 is 17.5 Å². The second-order valence-corrected chi connectivity index (χ2v) is 5.70. The van der Waals surface area contributed by atoms with Crippen LogP contribution in [0.2, 0.25) is 0 Å². The van der Waals surface area contributed by atoms with Gasteiger partial charge in [-0.05, 0) is 39.0 Å². The molecule has 1 saturated heterocycles. The van der Waals surface area contributed by atoms with E-state index in [1.165, 1.54) is 12.1 Å². The van der Waals surface area contributed by atoms with Crippen LogP contribution in [0, 0.1) is 5.82 Å². The van der Waals surface area contributed by atoms with Gasteiger partial charge in [0.1, 0.15) is 11.4 Å². The van der Waals surface area contributed by atoms with Crippen molar-refractivity contribution in [3.63, 3.8) is 0 Å². The quantitative estimate of drug-likeness (QED) is 0.894. The minimum absolute atomic E-state index is 0.0875. The molecule has 20 heavy (non-hydrogen) atoms. The maximum Gasteiger partial charge on any atom is 0.412 e. The summed E-state index contributed by atoms with van der Waals surface area (Å²) in [4.78, 5) is 11.6. The number of carbonyl (C=O) groups excluding carboxylic acids is 1. The summed E-state index contributed by atoms with van der Waals surface area (Å²) in [6.45, 7) is 6.50. The number of amides is 1. The lowest BCUT2D eigenvalue weighted by Crippen LogP contribution is -2.40. The fourth-order valence-electron chi connectivity index (χ4n) is 1.68. The molecule has 1 aliphatic heterocycles. The molecule has 0 aliphatic carbocycles. The Kier molecular flexibility index (Phi) is 4.13. The molecule has 1 heterocycles. The molecular formula is C14H19FN2O3. The van der Waals surface area contributed by atoms with Crippen molar-refractivity contribution >= 4 is 17.5 Å². The van der Waals surface area contributed by atoms with Crippen molar-refractivity contribution in [3.05, 3.63) is 24.0 Å². The highest BCUT2D eigenvalue weighted by atomic mass is 19.1. The van der Waals surface area contributed by atoms with Crippen LogP contribution in [-0.2, 0) is 9.47 Å². The fraction of sp³-hybridized carbons (Fsp3) is 0.500. The van der Waals surface area contributed by atoms with Crippen LogP contribution in [-0.4, -0.2) is 30.9 Å². The number of carbonyl (C=O) groups is 1. The van der Waals surface area contributed by atoms with Crippen LogP contribution in [0.25, 0.3) is 0 Å². The van der Waals surface area contributed by atoms with E-state index in [2.05, 4.69) is 10.6 Å². The van der Waals surface area contributed by atoms with Gasteiger partial charge in [-0.15, -0.1) is 0 Å². The third kappa shape index (κ3) is 4.09. The van der Waals surface area contributed by atoms with E-state index in [-0.39, 0.29) is 11.7 Å². The Labute approximate surface area is 117 Å². The molecule has 1 aliphatic rings. The molecule has 5 nitrogen and oxygen atoms in total. The maximum atomic E-state index is 13.7. The van der Waals surface area contributed by atoms with Gasteiger partial charge in [-0.3, -0.25) is 5.32 Å². The molecule has 6 heteroatoms. The molecule has 0 atom stereocenters. The topological polar surface area (TPSA) is 59.6 Å². The van der Waals surface area contributed by atoms with Crippen LogP contribution < -0.4 is 10.6 Å². The molecule has 1 aromatic carbocycles. The Morgan fingerprint density at radius 1 is 1.40 bits per heavy atom. The van der Waals surface area contributed by atoms with Gasteiger partial charge in [-0.1, -0.05) is 0 Å². The number of rotatable bonds is 3. The first-order chi connectivity index (χ1) is 9.33. The number of hydrogen-bond donors (Lipinski definition) is 2. The first kappa shape index (κ1) is 14.6. The molecule has 1 aromatic rings. The molecule has 1 fully saturated rings. The molecule has 0 bridgehead atoms. The van der Waals surface area contributed by atoms with Crippen molar-refractivity contribution in [1.82, 2.24) is 0 Å². The van der Waals surface area contributed by atoms with E-state index >= 15 is 0 Å². The minimum Gasteiger partial charge on any atom is -0.444 e. The Morgan fingerprint density at radius 2 is 2.10 bits per heavy atom. The number of nitrogens with one attached hydrogen (secondary N) is 2. The van der Waals surface area contributed by atoms with Crippen molar-refractivity contribution in [3.8, 4) is 0 Å². The third-order valence-electron chi connectivity index (χ3n) is 2.61. The van der Waals surface area contributed by atoms with Gasteiger partial charge in [0.25, 0.3) is 0 Å². The summed E-state index contributed by atoms with van der Waals surface area (Å²) in [5, 5.41) is 5.59. The van der Waals surface area contributed by atoms with Crippen LogP contribution in [0.15, 0.2) is 18.2 Å². The zero-order valence-corrected chi connectivity index (χ0v) is 11.8.